The van der Waals surface area contributed by atoms with E-state index in [2.05, 4.69) is 27.3 Å². The van der Waals surface area contributed by atoms with Crippen LogP contribution >= 0.6 is 22.9 Å². The van der Waals surface area contributed by atoms with E-state index in [9.17, 15) is 4.79 Å². The van der Waals surface area contributed by atoms with Crippen LogP contribution in [-0.2, 0) is 17.8 Å². The zero-order valence-corrected chi connectivity index (χ0v) is 17.8. The number of ether oxygens (including phenoxy) is 1. The fourth-order valence-electron chi connectivity index (χ4n) is 4.62. The number of nitrogens with zero attached hydrogens (tertiary/aromatic N) is 3. The molecule has 3 aromatic rings. The fraction of sp³-hybridized carbons (Fsp3) is 0.429. The highest BCUT2D eigenvalue weighted by Crippen LogP contribution is 2.41. The van der Waals surface area contributed by atoms with E-state index in [0.717, 1.165) is 47.3 Å². The Morgan fingerprint density at radius 3 is 3.17 bits per heavy atom. The van der Waals surface area contributed by atoms with E-state index < -0.39 is 0 Å². The third kappa shape index (κ3) is 3.46. The van der Waals surface area contributed by atoms with Gasteiger partial charge in [0.05, 0.1) is 12.3 Å². The Hall–Kier alpha value is -1.93. The molecular weight excluding hydrogens is 408 g/mol. The van der Waals surface area contributed by atoms with E-state index in [4.69, 9.17) is 16.3 Å². The summed E-state index contributed by atoms with van der Waals surface area (Å²) in [7, 11) is 1.64. The van der Waals surface area contributed by atoms with Gasteiger partial charge in [0.2, 0.25) is 0 Å². The van der Waals surface area contributed by atoms with Crippen molar-refractivity contribution >= 4 is 33.6 Å². The molecule has 0 bridgehead atoms. The highest BCUT2D eigenvalue weighted by Gasteiger charge is 2.36. The summed E-state index contributed by atoms with van der Waals surface area (Å²) in [4.78, 5) is 20.8. The second-order valence-electron chi connectivity index (χ2n) is 7.76. The third-order valence-electron chi connectivity index (χ3n) is 6.06. The van der Waals surface area contributed by atoms with Gasteiger partial charge in [-0.2, -0.15) is 0 Å². The number of aromatic nitrogens is 2. The summed E-state index contributed by atoms with van der Waals surface area (Å²) >= 11 is 7.71. The molecule has 0 unspecified atom stereocenters. The molecule has 1 N–H and O–H groups in total. The van der Waals surface area contributed by atoms with Crippen LogP contribution < -0.4 is 10.9 Å². The van der Waals surface area contributed by atoms with Gasteiger partial charge in [-0.1, -0.05) is 11.6 Å². The molecule has 6 nitrogen and oxygen atoms in total. The number of methoxy groups -OCH3 is 1. The number of thiazole rings is 1. The molecule has 0 amide bonds. The molecule has 1 saturated heterocycles. The number of benzene rings is 1. The minimum atomic E-state index is 0.0258. The lowest BCUT2D eigenvalue weighted by molar-refractivity contribution is 0.179. The summed E-state index contributed by atoms with van der Waals surface area (Å²) in [6, 6.07) is 6.59. The topological polar surface area (TPSA) is 58.9 Å². The van der Waals surface area contributed by atoms with E-state index in [-0.39, 0.29) is 5.56 Å². The summed E-state index contributed by atoms with van der Waals surface area (Å²) in [5.74, 6) is 0.439. The van der Waals surface area contributed by atoms with Gasteiger partial charge < -0.3 is 15.0 Å². The normalized spacial score (nSPS) is 21.2. The van der Waals surface area contributed by atoms with Gasteiger partial charge in [0.1, 0.15) is 0 Å². The van der Waals surface area contributed by atoms with Crippen LogP contribution in [0.2, 0.25) is 5.02 Å². The number of piperidine rings is 1. The number of hydrogen-bond donors (Lipinski definition) is 1. The van der Waals surface area contributed by atoms with Crippen LogP contribution in [-0.4, -0.2) is 47.1 Å². The molecule has 0 aliphatic carbocycles. The van der Waals surface area contributed by atoms with Crippen LogP contribution in [0.15, 0.2) is 34.6 Å². The first-order valence-corrected chi connectivity index (χ1v) is 11.1. The van der Waals surface area contributed by atoms with E-state index in [1.807, 2.05) is 11.4 Å². The van der Waals surface area contributed by atoms with Crippen molar-refractivity contribution in [2.75, 3.05) is 32.1 Å². The molecule has 0 radical (unpaired) electrons. The summed E-state index contributed by atoms with van der Waals surface area (Å²) < 4.78 is 6.95. The number of likely N-dealkylation sites (tertiary alicyclic amines) is 1. The summed E-state index contributed by atoms with van der Waals surface area (Å²) in [6.07, 6.45) is 3.56. The first kappa shape index (κ1) is 19.1. The van der Waals surface area contributed by atoms with Gasteiger partial charge in [0.25, 0.3) is 5.56 Å². The Bertz CT molecular complexity index is 1110. The van der Waals surface area contributed by atoms with Gasteiger partial charge in [-0.15, -0.1) is 11.3 Å². The molecule has 0 spiro atoms. The molecule has 29 heavy (non-hydrogen) atoms. The second kappa shape index (κ2) is 7.72. The minimum Gasteiger partial charge on any atom is -0.381 e. The van der Waals surface area contributed by atoms with Crippen molar-refractivity contribution in [3.63, 3.8) is 0 Å². The quantitative estimate of drug-likeness (QED) is 0.672. The summed E-state index contributed by atoms with van der Waals surface area (Å²) in [6.45, 7) is 3.19. The Labute approximate surface area is 178 Å². The molecule has 1 aromatic carbocycles. The maximum absolute atomic E-state index is 13.0. The number of halogens is 1. The molecule has 1 fully saturated rings. The second-order valence-corrected chi connectivity index (χ2v) is 9.07. The molecular formula is C21H23ClN4O2S. The lowest BCUT2D eigenvalue weighted by atomic mass is 9.89. The lowest BCUT2D eigenvalue weighted by Crippen LogP contribution is -2.43. The molecule has 0 saturated carbocycles. The Morgan fingerprint density at radius 1 is 1.41 bits per heavy atom. The average Bonchev–Trinajstić information content (AvgIpc) is 3.32. The standard InChI is InChI=1S/C21H23ClN4O2S/c1-28-12-19-14(20(27)26-8-9-29-21(26)24-19)4-6-25-7-5-18-16(11-25)15-10-13(22)2-3-17(15)23-18/h2-3,8-10,16,18,23H,4-7,11-12H2,1H3/t16-,18+/m0/s1. The van der Waals surface area contributed by atoms with Crippen LogP contribution in [0.3, 0.4) is 0 Å². The molecule has 2 aliphatic heterocycles. The zero-order chi connectivity index (χ0) is 20.0. The maximum Gasteiger partial charge on any atom is 0.262 e. The van der Waals surface area contributed by atoms with Crippen LogP contribution in [0.5, 0.6) is 0 Å². The van der Waals surface area contributed by atoms with Crippen LogP contribution in [0, 0.1) is 0 Å². The van der Waals surface area contributed by atoms with Crippen LogP contribution in [0.25, 0.3) is 4.96 Å². The SMILES string of the molecule is COCc1nc2sccn2c(=O)c1CCN1CC[C@H]2Nc3ccc(Cl)cc3[C@@H]2C1. The highest BCUT2D eigenvalue weighted by atomic mass is 35.5. The van der Waals surface area contributed by atoms with Gasteiger partial charge in [-0.25, -0.2) is 4.98 Å². The van der Waals surface area contributed by atoms with Crippen molar-refractivity contribution < 1.29 is 4.74 Å². The number of anilines is 1. The number of nitrogens with one attached hydrogen (secondary N) is 1. The van der Waals surface area contributed by atoms with Gasteiger partial charge in [-0.3, -0.25) is 9.20 Å². The van der Waals surface area contributed by atoms with Crippen molar-refractivity contribution in [1.82, 2.24) is 14.3 Å². The van der Waals surface area contributed by atoms with E-state index in [1.54, 1.807) is 17.7 Å². The Balaban J connectivity index is 1.35. The minimum absolute atomic E-state index is 0.0258. The molecule has 2 atom stereocenters. The van der Waals surface area contributed by atoms with Crippen LogP contribution in [0.4, 0.5) is 5.69 Å². The largest absolute Gasteiger partial charge is 0.381 e. The van der Waals surface area contributed by atoms with Gasteiger partial charge in [0, 0.05) is 66.6 Å². The summed E-state index contributed by atoms with van der Waals surface area (Å²) in [5.41, 5.74) is 4.07. The third-order valence-corrected chi connectivity index (χ3v) is 7.05. The average molecular weight is 431 g/mol. The van der Waals surface area contributed by atoms with E-state index >= 15 is 0 Å². The molecule has 5 rings (SSSR count). The van der Waals surface area contributed by atoms with Gasteiger partial charge in [-0.05, 0) is 36.6 Å². The molecule has 2 aromatic heterocycles. The first-order chi connectivity index (χ1) is 14.1. The van der Waals surface area contributed by atoms with Crippen LogP contribution in [0.1, 0.15) is 29.2 Å². The van der Waals surface area contributed by atoms with Crippen molar-refractivity contribution in [2.24, 2.45) is 0 Å². The molecule has 8 heteroatoms. The van der Waals surface area contributed by atoms with Crippen molar-refractivity contribution in [1.29, 1.82) is 0 Å². The number of hydrogen-bond acceptors (Lipinski definition) is 6. The summed E-state index contributed by atoms with van der Waals surface area (Å²) in [5, 5.41) is 6.33. The smallest absolute Gasteiger partial charge is 0.262 e. The Morgan fingerprint density at radius 2 is 2.31 bits per heavy atom. The Kier molecular flexibility index (Phi) is 5.07. The molecule has 4 heterocycles. The van der Waals surface area contributed by atoms with E-state index in [1.165, 1.54) is 22.6 Å². The fourth-order valence-corrected chi connectivity index (χ4v) is 5.52. The number of rotatable bonds is 5. The number of fused-ring (bicyclic) bond motifs is 4. The molecule has 152 valence electrons. The maximum atomic E-state index is 13.0. The predicted octanol–water partition coefficient (Wildman–Crippen LogP) is 3.38. The first-order valence-electron chi connectivity index (χ1n) is 9.89. The van der Waals surface area contributed by atoms with Crippen molar-refractivity contribution in [2.45, 2.75) is 31.4 Å². The molecule has 2 aliphatic rings. The van der Waals surface area contributed by atoms with Gasteiger partial charge in [0.15, 0.2) is 4.96 Å². The van der Waals surface area contributed by atoms with Crippen molar-refractivity contribution in [3.05, 3.63) is 62.0 Å². The zero-order valence-electron chi connectivity index (χ0n) is 16.2. The predicted molar refractivity (Wildman–Crippen MR) is 116 cm³/mol. The monoisotopic (exact) mass is 430 g/mol. The highest BCUT2D eigenvalue weighted by molar-refractivity contribution is 7.15. The van der Waals surface area contributed by atoms with Crippen molar-refractivity contribution in [3.8, 4) is 0 Å². The van der Waals surface area contributed by atoms with Gasteiger partial charge >= 0.3 is 0 Å². The van der Waals surface area contributed by atoms with E-state index in [0.29, 0.717) is 25.0 Å². The lowest BCUT2D eigenvalue weighted by Gasteiger charge is -2.35.